The lowest BCUT2D eigenvalue weighted by Crippen LogP contribution is -2.10. The molecule has 1 N–H and O–H groups in total. The van der Waals surface area contributed by atoms with E-state index in [1.807, 2.05) is 18.2 Å². The molecule has 23 heavy (non-hydrogen) atoms. The van der Waals surface area contributed by atoms with Gasteiger partial charge in [0.15, 0.2) is 0 Å². The second-order valence-electron chi connectivity index (χ2n) is 4.68. The third-order valence-corrected chi connectivity index (χ3v) is 6.85. The number of sulfonamides is 1. The van der Waals surface area contributed by atoms with Crippen LogP contribution in [-0.2, 0) is 16.6 Å². The lowest BCUT2D eigenvalue weighted by atomic mass is 10.2. The predicted octanol–water partition coefficient (Wildman–Crippen LogP) is 4.21. The molecule has 0 saturated carbocycles. The summed E-state index contributed by atoms with van der Waals surface area (Å²) in [5.41, 5.74) is 1.32. The second kappa shape index (κ2) is 6.64. The molecular formula is C14H11BrClN3O2S2. The molecule has 0 atom stereocenters. The molecule has 1 aromatic carbocycles. The Morgan fingerprint density at radius 3 is 2.74 bits per heavy atom. The first-order valence-corrected chi connectivity index (χ1v) is 9.95. The molecule has 0 spiro atoms. The van der Waals surface area contributed by atoms with E-state index in [-0.39, 0.29) is 4.21 Å². The number of nitrogens with one attached hydrogen (secondary N) is 1. The van der Waals surface area contributed by atoms with Crippen molar-refractivity contribution >= 4 is 54.6 Å². The highest BCUT2D eigenvalue weighted by Crippen LogP contribution is 2.27. The number of thiophene rings is 1. The highest BCUT2D eigenvalue weighted by molar-refractivity contribution is 9.11. The summed E-state index contributed by atoms with van der Waals surface area (Å²) in [6.07, 6.45) is 3.10. The highest BCUT2D eigenvalue weighted by Gasteiger charge is 2.17. The first-order valence-electron chi connectivity index (χ1n) is 6.48. The summed E-state index contributed by atoms with van der Waals surface area (Å²) >= 11 is 10.5. The van der Waals surface area contributed by atoms with E-state index in [1.54, 1.807) is 29.1 Å². The monoisotopic (exact) mass is 431 g/mol. The van der Waals surface area contributed by atoms with Gasteiger partial charge in [-0.1, -0.05) is 29.8 Å². The SMILES string of the molecule is O=S(=O)(Nc1cnn(Cc2ccccc2Cl)c1)c1ccc(Br)s1. The van der Waals surface area contributed by atoms with E-state index < -0.39 is 10.0 Å². The average molecular weight is 433 g/mol. The Morgan fingerprint density at radius 2 is 2.04 bits per heavy atom. The van der Waals surface area contributed by atoms with E-state index >= 15 is 0 Å². The van der Waals surface area contributed by atoms with Gasteiger partial charge in [0.25, 0.3) is 10.0 Å². The fraction of sp³-hybridized carbons (Fsp3) is 0.0714. The first-order chi connectivity index (χ1) is 10.9. The highest BCUT2D eigenvalue weighted by atomic mass is 79.9. The van der Waals surface area contributed by atoms with Crippen molar-refractivity contribution in [2.45, 2.75) is 10.8 Å². The lowest BCUT2D eigenvalue weighted by molar-refractivity contribution is 0.603. The molecule has 0 fully saturated rings. The van der Waals surface area contributed by atoms with Crippen LogP contribution in [0.25, 0.3) is 0 Å². The number of benzene rings is 1. The molecule has 120 valence electrons. The van der Waals surface area contributed by atoms with Crippen LogP contribution >= 0.6 is 38.9 Å². The molecule has 2 heterocycles. The van der Waals surface area contributed by atoms with Crippen LogP contribution in [0.3, 0.4) is 0 Å². The van der Waals surface area contributed by atoms with Crippen LogP contribution in [-0.4, -0.2) is 18.2 Å². The van der Waals surface area contributed by atoms with Gasteiger partial charge < -0.3 is 0 Å². The summed E-state index contributed by atoms with van der Waals surface area (Å²) in [5.74, 6) is 0. The minimum Gasteiger partial charge on any atom is -0.276 e. The summed E-state index contributed by atoms with van der Waals surface area (Å²) in [4.78, 5) is 0. The summed E-state index contributed by atoms with van der Waals surface area (Å²) < 4.78 is 29.7. The third kappa shape index (κ3) is 3.95. The topological polar surface area (TPSA) is 64.0 Å². The van der Waals surface area contributed by atoms with Crippen molar-refractivity contribution in [2.24, 2.45) is 0 Å². The van der Waals surface area contributed by atoms with Crippen LogP contribution in [0, 0.1) is 0 Å². The summed E-state index contributed by atoms with van der Waals surface area (Å²) in [6.45, 7) is 0.464. The van der Waals surface area contributed by atoms with Crippen molar-refractivity contribution in [3.63, 3.8) is 0 Å². The van der Waals surface area contributed by atoms with Gasteiger partial charge >= 0.3 is 0 Å². The van der Waals surface area contributed by atoms with Gasteiger partial charge in [0.05, 0.1) is 22.2 Å². The number of aromatic nitrogens is 2. The van der Waals surface area contributed by atoms with E-state index in [0.29, 0.717) is 17.3 Å². The van der Waals surface area contributed by atoms with Gasteiger partial charge in [0, 0.05) is 11.2 Å². The van der Waals surface area contributed by atoms with Crippen molar-refractivity contribution < 1.29 is 8.42 Å². The number of anilines is 1. The smallest absolute Gasteiger partial charge is 0.271 e. The molecule has 0 aliphatic rings. The van der Waals surface area contributed by atoms with Crippen LogP contribution in [0.5, 0.6) is 0 Å². The zero-order valence-corrected chi connectivity index (χ0v) is 15.6. The standard InChI is InChI=1S/C14H11BrClN3O2S2/c15-13-5-6-14(22-13)23(20,21)18-11-7-17-19(9-11)8-10-3-1-2-4-12(10)16/h1-7,9,18H,8H2. The van der Waals surface area contributed by atoms with Crippen LogP contribution in [0.2, 0.25) is 5.02 Å². The minimum absolute atomic E-state index is 0.239. The Morgan fingerprint density at radius 1 is 1.26 bits per heavy atom. The van der Waals surface area contributed by atoms with Gasteiger partial charge in [0.1, 0.15) is 4.21 Å². The predicted molar refractivity (Wildman–Crippen MR) is 95.6 cm³/mol. The van der Waals surface area contributed by atoms with Crippen LogP contribution < -0.4 is 4.72 Å². The number of hydrogen-bond donors (Lipinski definition) is 1. The molecule has 0 radical (unpaired) electrons. The van der Waals surface area contributed by atoms with Crippen molar-refractivity contribution in [3.05, 3.63) is 63.2 Å². The van der Waals surface area contributed by atoms with Gasteiger partial charge in [-0.2, -0.15) is 5.10 Å². The van der Waals surface area contributed by atoms with E-state index in [1.165, 1.54) is 6.20 Å². The minimum atomic E-state index is -3.60. The maximum absolute atomic E-state index is 12.3. The Balaban J connectivity index is 1.76. The van der Waals surface area contributed by atoms with Gasteiger partial charge in [-0.05, 0) is 39.7 Å². The molecule has 3 aromatic rings. The Labute approximate surface area is 151 Å². The fourth-order valence-electron chi connectivity index (χ4n) is 1.95. The molecule has 0 aliphatic heterocycles. The molecule has 0 saturated heterocycles. The van der Waals surface area contributed by atoms with E-state index in [4.69, 9.17) is 11.6 Å². The second-order valence-corrected chi connectivity index (χ2v) is 9.46. The molecule has 9 heteroatoms. The van der Waals surface area contributed by atoms with Crippen LogP contribution in [0.1, 0.15) is 5.56 Å². The molecular weight excluding hydrogens is 422 g/mol. The zero-order valence-electron chi connectivity index (χ0n) is 11.6. The van der Waals surface area contributed by atoms with E-state index in [0.717, 1.165) is 20.7 Å². The quantitative estimate of drug-likeness (QED) is 0.657. The number of hydrogen-bond acceptors (Lipinski definition) is 4. The number of nitrogens with zero attached hydrogens (tertiary/aromatic N) is 2. The normalized spacial score (nSPS) is 11.6. The van der Waals surface area contributed by atoms with Crippen molar-refractivity contribution in [1.82, 2.24) is 9.78 Å². The molecule has 0 amide bonds. The van der Waals surface area contributed by atoms with Gasteiger partial charge in [-0.15, -0.1) is 11.3 Å². The summed E-state index contributed by atoms with van der Waals surface area (Å²) in [5, 5.41) is 4.81. The van der Waals surface area contributed by atoms with Crippen molar-refractivity contribution in [3.8, 4) is 0 Å². The van der Waals surface area contributed by atoms with Gasteiger partial charge in [-0.25, -0.2) is 8.42 Å². The van der Waals surface area contributed by atoms with Crippen LogP contribution in [0.15, 0.2) is 56.8 Å². The third-order valence-electron chi connectivity index (χ3n) is 2.99. The van der Waals surface area contributed by atoms with E-state index in [9.17, 15) is 8.42 Å². The molecule has 5 nitrogen and oxygen atoms in total. The summed E-state index contributed by atoms with van der Waals surface area (Å²) in [6, 6.07) is 10.7. The number of halogens is 2. The lowest BCUT2D eigenvalue weighted by Gasteiger charge is -2.04. The maximum Gasteiger partial charge on any atom is 0.271 e. The Bertz CT molecular complexity index is 937. The van der Waals surface area contributed by atoms with Gasteiger partial charge in [-0.3, -0.25) is 9.40 Å². The number of rotatable bonds is 5. The molecule has 3 rings (SSSR count). The van der Waals surface area contributed by atoms with E-state index in [2.05, 4.69) is 25.8 Å². The molecule has 0 aliphatic carbocycles. The largest absolute Gasteiger partial charge is 0.276 e. The summed E-state index contributed by atoms with van der Waals surface area (Å²) in [7, 11) is -3.60. The molecule has 0 bridgehead atoms. The first kappa shape index (κ1) is 16.5. The Hall–Kier alpha value is -1.35. The molecule has 2 aromatic heterocycles. The van der Waals surface area contributed by atoms with Crippen LogP contribution in [0.4, 0.5) is 5.69 Å². The molecule has 0 unspecified atom stereocenters. The fourth-order valence-corrected chi connectivity index (χ4v) is 5.18. The maximum atomic E-state index is 12.3. The van der Waals surface area contributed by atoms with Gasteiger partial charge in [0.2, 0.25) is 0 Å². The van der Waals surface area contributed by atoms with Crippen molar-refractivity contribution in [1.29, 1.82) is 0 Å². The average Bonchev–Trinajstić information content (AvgIpc) is 3.11. The van der Waals surface area contributed by atoms with Crippen molar-refractivity contribution in [2.75, 3.05) is 4.72 Å². The zero-order chi connectivity index (χ0) is 16.4. The Kier molecular flexibility index (Phi) is 4.77.